The van der Waals surface area contributed by atoms with Crippen molar-refractivity contribution in [3.8, 4) is 0 Å². The molecule has 0 aliphatic heterocycles. The Morgan fingerprint density at radius 1 is 0.903 bits per heavy atom. The summed E-state index contributed by atoms with van der Waals surface area (Å²) in [5.74, 6) is -1.00. The molecule has 3 rings (SSSR count). The molecule has 3 aromatic rings. The van der Waals surface area contributed by atoms with E-state index in [1.807, 2.05) is 32.0 Å². The van der Waals surface area contributed by atoms with E-state index in [1.165, 1.54) is 24.3 Å². The minimum Gasteiger partial charge on any atom is -0.321 e. The zero-order chi connectivity index (χ0) is 22.4. The average Bonchev–Trinajstić information content (AvgIpc) is 2.75. The first-order chi connectivity index (χ1) is 14.8. The van der Waals surface area contributed by atoms with E-state index in [4.69, 9.17) is 0 Å². The maximum absolute atomic E-state index is 12.9. The fourth-order valence-electron chi connectivity index (χ4n) is 2.87. The number of non-ortho nitro benzene ring substituents is 1. The van der Waals surface area contributed by atoms with Crippen molar-refractivity contribution in [2.45, 2.75) is 13.8 Å². The highest BCUT2D eigenvalue weighted by Crippen LogP contribution is 2.17. The molecule has 0 aromatic heterocycles. The van der Waals surface area contributed by atoms with Gasteiger partial charge in [-0.3, -0.25) is 19.7 Å². The summed E-state index contributed by atoms with van der Waals surface area (Å²) < 4.78 is 0. The van der Waals surface area contributed by atoms with E-state index >= 15 is 0 Å². The lowest BCUT2D eigenvalue weighted by Crippen LogP contribution is -2.30. The van der Waals surface area contributed by atoms with Crippen molar-refractivity contribution in [3.05, 3.63) is 111 Å². The molecule has 0 spiro atoms. The van der Waals surface area contributed by atoms with Gasteiger partial charge in [-0.2, -0.15) is 0 Å². The number of anilines is 1. The molecule has 0 saturated carbocycles. The van der Waals surface area contributed by atoms with Crippen LogP contribution in [0.25, 0.3) is 6.08 Å². The van der Waals surface area contributed by atoms with Crippen molar-refractivity contribution in [1.29, 1.82) is 0 Å². The van der Waals surface area contributed by atoms with Crippen LogP contribution >= 0.6 is 0 Å². The monoisotopic (exact) mass is 415 g/mol. The summed E-state index contributed by atoms with van der Waals surface area (Å²) in [5.41, 5.74) is 3.16. The number of nitro benzene ring substituents is 1. The SMILES string of the molecule is Cc1ccc(NC(=O)/C(=C/c2cccc([N+](=O)[O-])c2)NC(=O)c2cccc(C)c2)cc1. The second-order valence-electron chi connectivity index (χ2n) is 7.05. The van der Waals surface area contributed by atoms with E-state index in [2.05, 4.69) is 10.6 Å². The molecule has 7 heteroatoms. The van der Waals surface area contributed by atoms with Gasteiger partial charge in [-0.05, 0) is 49.8 Å². The number of hydrogen-bond donors (Lipinski definition) is 2. The summed E-state index contributed by atoms with van der Waals surface area (Å²) in [6.07, 6.45) is 1.41. The zero-order valence-electron chi connectivity index (χ0n) is 17.1. The molecule has 3 aromatic carbocycles. The van der Waals surface area contributed by atoms with E-state index in [-0.39, 0.29) is 11.4 Å². The Hall–Kier alpha value is -4.26. The molecule has 0 unspecified atom stereocenters. The van der Waals surface area contributed by atoms with Gasteiger partial charge >= 0.3 is 0 Å². The molecule has 0 bridgehead atoms. The lowest BCUT2D eigenvalue weighted by atomic mass is 10.1. The van der Waals surface area contributed by atoms with Crippen molar-refractivity contribution < 1.29 is 14.5 Å². The Bertz CT molecular complexity index is 1170. The van der Waals surface area contributed by atoms with Crippen molar-refractivity contribution >= 4 is 29.3 Å². The fourth-order valence-corrected chi connectivity index (χ4v) is 2.87. The molecule has 0 fully saturated rings. The van der Waals surface area contributed by atoms with Gasteiger partial charge in [-0.1, -0.05) is 47.5 Å². The summed E-state index contributed by atoms with van der Waals surface area (Å²) in [5, 5.41) is 16.4. The van der Waals surface area contributed by atoms with Gasteiger partial charge in [0.2, 0.25) is 0 Å². The number of nitrogens with zero attached hydrogens (tertiary/aromatic N) is 1. The number of carbonyl (C=O) groups excluding carboxylic acids is 2. The maximum Gasteiger partial charge on any atom is 0.272 e. The molecule has 0 radical (unpaired) electrons. The predicted molar refractivity (Wildman–Crippen MR) is 120 cm³/mol. The number of hydrogen-bond acceptors (Lipinski definition) is 4. The van der Waals surface area contributed by atoms with Crippen LogP contribution in [0.5, 0.6) is 0 Å². The second-order valence-corrected chi connectivity index (χ2v) is 7.05. The van der Waals surface area contributed by atoms with E-state index in [0.29, 0.717) is 16.8 Å². The second kappa shape index (κ2) is 9.49. The third-order valence-electron chi connectivity index (χ3n) is 4.47. The highest BCUT2D eigenvalue weighted by Gasteiger charge is 2.16. The van der Waals surface area contributed by atoms with Crippen LogP contribution < -0.4 is 10.6 Å². The summed E-state index contributed by atoms with van der Waals surface area (Å²) >= 11 is 0. The first-order valence-corrected chi connectivity index (χ1v) is 9.54. The minimum atomic E-state index is -0.545. The molecule has 156 valence electrons. The molecule has 7 nitrogen and oxygen atoms in total. The third-order valence-corrected chi connectivity index (χ3v) is 4.47. The Balaban J connectivity index is 1.93. The Labute approximate surface area is 179 Å². The van der Waals surface area contributed by atoms with Crippen LogP contribution in [0.3, 0.4) is 0 Å². The van der Waals surface area contributed by atoms with Crippen LogP contribution in [0.15, 0.2) is 78.5 Å². The van der Waals surface area contributed by atoms with Crippen molar-refractivity contribution in [2.24, 2.45) is 0 Å². The van der Waals surface area contributed by atoms with Crippen LogP contribution in [-0.2, 0) is 4.79 Å². The first-order valence-electron chi connectivity index (χ1n) is 9.54. The van der Waals surface area contributed by atoms with Gasteiger partial charge in [0.05, 0.1) is 4.92 Å². The summed E-state index contributed by atoms with van der Waals surface area (Å²) in [6.45, 7) is 3.79. The van der Waals surface area contributed by atoms with Crippen molar-refractivity contribution in [3.63, 3.8) is 0 Å². The Morgan fingerprint density at radius 3 is 2.29 bits per heavy atom. The third kappa shape index (κ3) is 5.86. The topological polar surface area (TPSA) is 101 Å². The quantitative estimate of drug-likeness (QED) is 0.348. The highest BCUT2D eigenvalue weighted by atomic mass is 16.6. The zero-order valence-corrected chi connectivity index (χ0v) is 17.1. The number of carbonyl (C=O) groups is 2. The molecule has 0 heterocycles. The number of nitrogens with one attached hydrogen (secondary N) is 2. The van der Waals surface area contributed by atoms with Crippen LogP contribution in [0.1, 0.15) is 27.0 Å². The molecule has 0 aliphatic rings. The van der Waals surface area contributed by atoms with Crippen LogP contribution in [0.2, 0.25) is 0 Å². The number of amides is 2. The highest BCUT2D eigenvalue weighted by molar-refractivity contribution is 6.10. The van der Waals surface area contributed by atoms with Gasteiger partial charge in [0, 0.05) is 23.4 Å². The number of benzene rings is 3. The smallest absolute Gasteiger partial charge is 0.272 e. The van der Waals surface area contributed by atoms with E-state index in [1.54, 1.807) is 36.4 Å². The van der Waals surface area contributed by atoms with Crippen LogP contribution in [-0.4, -0.2) is 16.7 Å². The molecule has 0 aliphatic carbocycles. The normalized spacial score (nSPS) is 11.0. The molecule has 31 heavy (non-hydrogen) atoms. The molecular formula is C24H21N3O4. The number of aryl methyl sites for hydroxylation is 2. The number of rotatable bonds is 6. The van der Waals surface area contributed by atoms with Crippen molar-refractivity contribution in [1.82, 2.24) is 5.32 Å². The molecule has 0 saturated heterocycles. The molecular weight excluding hydrogens is 394 g/mol. The Morgan fingerprint density at radius 2 is 1.61 bits per heavy atom. The molecule has 2 amide bonds. The molecule has 0 atom stereocenters. The van der Waals surface area contributed by atoms with E-state index < -0.39 is 16.7 Å². The number of nitro groups is 1. The Kier molecular flexibility index (Phi) is 6.57. The summed E-state index contributed by atoms with van der Waals surface area (Å²) in [6, 6.07) is 20.0. The summed E-state index contributed by atoms with van der Waals surface area (Å²) in [7, 11) is 0. The fraction of sp³-hybridized carbons (Fsp3) is 0.0833. The standard InChI is InChI=1S/C24H21N3O4/c1-16-9-11-20(12-10-16)25-24(29)22(15-18-6-4-8-21(14-18)27(30)31)26-23(28)19-7-3-5-17(2)13-19/h3-15H,1-2H3,(H,25,29)(H,26,28)/b22-15-. The largest absolute Gasteiger partial charge is 0.321 e. The first kappa shape index (κ1) is 21.4. The predicted octanol–water partition coefficient (Wildman–Crippen LogP) is 4.62. The van der Waals surface area contributed by atoms with Gasteiger partial charge in [0.15, 0.2) is 0 Å². The lowest BCUT2D eigenvalue weighted by molar-refractivity contribution is -0.384. The summed E-state index contributed by atoms with van der Waals surface area (Å²) in [4.78, 5) is 36.2. The average molecular weight is 415 g/mol. The van der Waals surface area contributed by atoms with Crippen LogP contribution in [0.4, 0.5) is 11.4 Å². The van der Waals surface area contributed by atoms with Crippen LogP contribution in [0, 0.1) is 24.0 Å². The minimum absolute atomic E-state index is 0.0346. The van der Waals surface area contributed by atoms with Gasteiger partial charge in [0.25, 0.3) is 17.5 Å². The van der Waals surface area contributed by atoms with E-state index in [9.17, 15) is 19.7 Å². The van der Waals surface area contributed by atoms with Crippen molar-refractivity contribution in [2.75, 3.05) is 5.32 Å². The lowest BCUT2D eigenvalue weighted by Gasteiger charge is -2.12. The van der Waals surface area contributed by atoms with Gasteiger partial charge < -0.3 is 10.6 Å². The molecule has 2 N–H and O–H groups in total. The van der Waals surface area contributed by atoms with Gasteiger partial charge in [-0.25, -0.2) is 0 Å². The maximum atomic E-state index is 12.9. The van der Waals surface area contributed by atoms with Gasteiger partial charge in [0.1, 0.15) is 5.70 Å². The van der Waals surface area contributed by atoms with E-state index in [0.717, 1.165) is 11.1 Å². The van der Waals surface area contributed by atoms with Gasteiger partial charge in [-0.15, -0.1) is 0 Å².